The largest absolute Gasteiger partial charge is 0.355 e. The van der Waals surface area contributed by atoms with Crippen LogP contribution in [0.1, 0.15) is 33.6 Å². The van der Waals surface area contributed by atoms with Crippen molar-refractivity contribution in [1.29, 1.82) is 0 Å². The summed E-state index contributed by atoms with van der Waals surface area (Å²) in [5, 5.41) is 6.92. The number of nitrogens with one attached hydrogen (secondary N) is 2. The van der Waals surface area contributed by atoms with Crippen LogP contribution in [-0.2, 0) is 4.79 Å². The molecule has 0 radical (unpaired) electrons. The van der Waals surface area contributed by atoms with Gasteiger partial charge in [0.15, 0.2) is 5.96 Å². The molecule has 156 valence electrons. The smallest absolute Gasteiger partial charge is 0.222 e. The molecule has 2 atom stereocenters. The van der Waals surface area contributed by atoms with Crippen LogP contribution in [0.3, 0.4) is 0 Å². The lowest BCUT2D eigenvalue weighted by molar-refractivity contribution is -0.129. The fourth-order valence-electron chi connectivity index (χ4n) is 3.38. The lowest BCUT2D eigenvalue weighted by Crippen LogP contribution is -2.51. The first kappa shape index (κ1) is 25.9. The minimum Gasteiger partial charge on any atom is -0.355 e. The first-order valence-corrected chi connectivity index (χ1v) is 9.67. The zero-order valence-electron chi connectivity index (χ0n) is 17.4. The second-order valence-corrected chi connectivity index (χ2v) is 7.12. The number of rotatable bonds is 10. The highest BCUT2D eigenvalue weighted by molar-refractivity contribution is 14.0. The lowest BCUT2D eigenvalue weighted by atomic mass is 10.0. The number of halogens is 1. The Labute approximate surface area is 182 Å². The van der Waals surface area contributed by atoms with Crippen molar-refractivity contribution in [2.75, 3.05) is 39.8 Å². The number of amides is 1. The highest BCUT2D eigenvalue weighted by atomic mass is 127. The number of nitrogens with zero attached hydrogens (tertiary/aromatic N) is 3. The van der Waals surface area contributed by atoms with E-state index in [1.54, 1.807) is 7.05 Å². The molecule has 1 aliphatic heterocycles. The van der Waals surface area contributed by atoms with E-state index in [0.29, 0.717) is 18.4 Å². The summed E-state index contributed by atoms with van der Waals surface area (Å²) in [5.74, 6) is 1.51. The molecule has 1 amide bonds. The standard InChI is InChI=1S/C20H37N5O.HI/c1-7-11-24(12-8-2)18(16(4)5)14-22-20(21-6)23-17-10-13-25(15-17)19(26)9-3;/h7-8,16-18H,1-2,9-15H2,3-6H3,(H2,21,22,23);1H. The van der Waals surface area contributed by atoms with E-state index >= 15 is 0 Å². The number of carbonyl (C=O) groups is 1. The minimum atomic E-state index is 0. The summed E-state index contributed by atoms with van der Waals surface area (Å²) in [6, 6.07) is 0.609. The molecular formula is C20H38IN5O. The van der Waals surface area contributed by atoms with Crippen molar-refractivity contribution in [1.82, 2.24) is 20.4 Å². The van der Waals surface area contributed by atoms with Gasteiger partial charge in [-0.1, -0.05) is 32.9 Å². The van der Waals surface area contributed by atoms with Gasteiger partial charge < -0.3 is 15.5 Å². The lowest BCUT2D eigenvalue weighted by Gasteiger charge is -2.33. The Bertz CT molecular complexity index is 485. The molecule has 0 spiro atoms. The van der Waals surface area contributed by atoms with Gasteiger partial charge in [-0.3, -0.25) is 14.7 Å². The fourth-order valence-corrected chi connectivity index (χ4v) is 3.38. The van der Waals surface area contributed by atoms with Crippen LogP contribution in [-0.4, -0.2) is 73.5 Å². The average molecular weight is 491 g/mol. The Balaban J connectivity index is 0.00000676. The monoisotopic (exact) mass is 491 g/mol. The Morgan fingerprint density at radius 2 is 1.96 bits per heavy atom. The molecule has 0 bridgehead atoms. The van der Waals surface area contributed by atoms with Crippen molar-refractivity contribution in [2.24, 2.45) is 10.9 Å². The van der Waals surface area contributed by atoms with Gasteiger partial charge in [0, 0.05) is 58.3 Å². The van der Waals surface area contributed by atoms with E-state index in [-0.39, 0.29) is 35.9 Å². The van der Waals surface area contributed by atoms with E-state index < -0.39 is 0 Å². The van der Waals surface area contributed by atoms with Crippen LogP contribution in [0.4, 0.5) is 0 Å². The summed E-state index contributed by atoms with van der Waals surface area (Å²) in [7, 11) is 1.79. The van der Waals surface area contributed by atoms with Gasteiger partial charge in [0.2, 0.25) is 5.91 Å². The van der Waals surface area contributed by atoms with Gasteiger partial charge in [0.25, 0.3) is 0 Å². The van der Waals surface area contributed by atoms with E-state index in [1.165, 1.54) is 0 Å². The van der Waals surface area contributed by atoms with Crippen molar-refractivity contribution in [3.63, 3.8) is 0 Å². The summed E-state index contributed by atoms with van der Waals surface area (Å²) in [6.07, 6.45) is 5.39. The van der Waals surface area contributed by atoms with E-state index in [0.717, 1.165) is 45.1 Å². The molecule has 0 aromatic rings. The number of hydrogen-bond acceptors (Lipinski definition) is 3. The molecule has 7 heteroatoms. The maximum atomic E-state index is 11.8. The van der Waals surface area contributed by atoms with Crippen LogP contribution >= 0.6 is 24.0 Å². The molecular weight excluding hydrogens is 453 g/mol. The van der Waals surface area contributed by atoms with Gasteiger partial charge in [-0.15, -0.1) is 37.1 Å². The van der Waals surface area contributed by atoms with Crippen molar-refractivity contribution >= 4 is 35.8 Å². The van der Waals surface area contributed by atoms with Crippen LogP contribution < -0.4 is 10.6 Å². The highest BCUT2D eigenvalue weighted by Gasteiger charge is 2.26. The molecule has 27 heavy (non-hydrogen) atoms. The third-order valence-electron chi connectivity index (χ3n) is 4.85. The minimum absolute atomic E-state index is 0. The van der Waals surface area contributed by atoms with E-state index in [1.807, 2.05) is 24.0 Å². The third kappa shape index (κ3) is 8.64. The number of hydrogen-bond donors (Lipinski definition) is 2. The zero-order chi connectivity index (χ0) is 19.5. The van der Waals surface area contributed by atoms with Crippen LogP contribution in [0, 0.1) is 5.92 Å². The molecule has 1 rings (SSSR count). The molecule has 6 nitrogen and oxygen atoms in total. The van der Waals surface area contributed by atoms with E-state index in [9.17, 15) is 4.79 Å². The van der Waals surface area contributed by atoms with Crippen LogP contribution in [0.15, 0.2) is 30.3 Å². The second-order valence-electron chi connectivity index (χ2n) is 7.12. The Kier molecular flexibility index (Phi) is 13.4. The third-order valence-corrected chi connectivity index (χ3v) is 4.85. The molecule has 1 fully saturated rings. The van der Waals surface area contributed by atoms with E-state index in [2.05, 4.69) is 47.5 Å². The van der Waals surface area contributed by atoms with Crippen molar-refractivity contribution < 1.29 is 4.79 Å². The summed E-state index contributed by atoms with van der Waals surface area (Å²) in [5.41, 5.74) is 0. The van der Waals surface area contributed by atoms with Crippen molar-refractivity contribution in [3.05, 3.63) is 25.3 Å². The summed E-state index contributed by atoms with van der Waals surface area (Å²) in [4.78, 5) is 20.5. The molecule has 0 aliphatic carbocycles. The maximum Gasteiger partial charge on any atom is 0.222 e. The zero-order valence-corrected chi connectivity index (χ0v) is 19.7. The summed E-state index contributed by atoms with van der Waals surface area (Å²) >= 11 is 0. The highest BCUT2D eigenvalue weighted by Crippen LogP contribution is 2.12. The number of carbonyl (C=O) groups excluding carboxylic acids is 1. The van der Waals surface area contributed by atoms with Crippen LogP contribution in [0.25, 0.3) is 0 Å². The first-order valence-electron chi connectivity index (χ1n) is 9.67. The predicted molar refractivity (Wildman–Crippen MR) is 126 cm³/mol. The SMILES string of the molecule is C=CCN(CC=C)C(CNC(=NC)NC1CCN(C(=O)CC)C1)C(C)C.I. The molecule has 0 aromatic carbocycles. The van der Waals surface area contributed by atoms with Gasteiger partial charge in [0.05, 0.1) is 0 Å². The van der Waals surface area contributed by atoms with Gasteiger partial charge in [-0.2, -0.15) is 0 Å². The van der Waals surface area contributed by atoms with Gasteiger partial charge in [0.1, 0.15) is 0 Å². The Hall–Kier alpha value is -1.09. The van der Waals surface area contributed by atoms with E-state index in [4.69, 9.17) is 0 Å². The summed E-state index contributed by atoms with van der Waals surface area (Å²) in [6.45, 7) is 18.1. The fraction of sp³-hybridized carbons (Fsp3) is 0.700. The van der Waals surface area contributed by atoms with Crippen molar-refractivity contribution in [3.8, 4) is 0 Å². The molecule has 0 aromatic heterocycles. The summed E-state index contributed by atoms with van der Waals surface area (Å²) < 4.78 is 0. The normalized spacial score (nSPS) is 18.2. The first-order chi connectivity index (χ1) is 12.5. The Morgan fingerprint density at radius 1 is 1.33 bits per heavy atom. The van der Waals surface area contributed by atoms with Crippen LogP contribution in [0.5, 0.6) is 0 Å². The van der Waals surface area contributed by atoms with Gasteiger partial charge >= 0.3 is 0 Å². The van der Waals surface area contributed by atoms with Gasteiger partial charge in [-0.25, -0.2) is 0 Å². The molecule has 1 saturated heterocycles. The molecule has 1 aliphatic rings. The average Bonchev–Trinajstić information content (AvgIpc) is 3.08. The quantitative estimate of drug-likeness (QED) is 0.214. The molecule has 1 heterocycles. The second kappa shape index (κ2) is 14.0. The maximum absolute atomic E-state index is 11.8. The number of aliphatic imine (C=N–C) groups is 1. The number of guanidine groups is 1. The van der Waals surface area contributed by atoms with Crippen LogP contribution in [0.2, 0.25) is 0 Å². The van der Waals surface area contributed by atoms with Gasteiger partial charge in [-0.05, 0) is 12.3 Å². The Morgan fingerprint density at radius 3 is 2.44 bits per heavy atom. The molecule has 2 N–H and O–H groups in total. The predicted octanol–water partition coefficient (Wildman–Crippen LogP) is 2.48. The topological polar surface area (TPSA) is 60.0 Å². The van der Waals surface area contributed by atoms with Crippen molar-refractivity contribution in [2.45, 2.75) is 45.7 Å². The molecule has 0 saturated carbocycles. The molecule has 2 unspecified atom stereocenters. The number of likely N-dealkylation sites (tertiary alicyclic amines) is 1.